The molecule has 0 bridgehead atoms. The number of nitrogens with one attached hydrogen (secondary N) is 1. The van der Waals surface area contributed by atoms with Crippen LogP contribution in [0.1, 0.15) is 27.9 Å². The van der Waals surface area contributed by atoms with Gasteiger partial charge in [0.05, 0.1) is 0 Å². The lowest BCUT2D eigenvalue weighted by atomic mass is 10.0. The number of allylic oxidation sites excluding steroid dienone is 1. The molecule has 0 saturated carbocycles. The van der Waals surface area contributed by atoms with Gasteiger partial charge in [-0.05, 0) is 46.0 Å². The van der Waals surface area contributed by atoms with Crippen molar-refractivity contribution >= 4 is 44.1 Å². The van der Waals surface area contributed by atoms with Crippen LogP contribution < -0.4 is 5.32 Å². The normalized spacial score (nSPS) is 10.5. The van der Waals surface area contributed by atoms with Crippen LogP contribution in [0.2, 0.25) is 0 Å². The van der Waals surface area contributed by atoms with E-state index in [0.717, 1.165) is 17.5 Å². The second-order valence-electron chi connectivity index (χ2n) is 6.39. The van der Waals surface area contributed by atoms with Crippen molar-refractivity contribution in [1.82, 2.24) is 4.98 Å². The lowest BCUT2D eigenvalue weighted by Gasteiger charge is -2.07. The molecule has 2 heterocycles. The summed E-state index contributed by atoms with van der Waals surface area (Å²) in [7, 11) is 0. The molecule has 0 radical (unpaired) electrons. The Morgan fingerprint density at radius 1 is 1.24 bits per heavy atom. The molecule has 1 aromatic carbocycles. The summed E-state index contributed by atoms with van der Waals surface area (Å²) < 4.78 is 0.666. The van der Waals surface area contributed by atoms with E-state index in [4.69, 9.17) is 0 Å². The van der Waals surface area contributed by atoms with Crippen molar-refractivity contribution in [3.63, 3.8) is 0 Å². The average Bonchev–Trinajstić information content (AvgIpc) is 3.11. The van der Waals surface area contributed by atoms with E-state index < -0.39 is 5.97 Å². The van der Waals surface area contributed by atoms with Crippen LogP contribution in [0.4, 0.5) is 5.00 Å². The maximum Gasteiger partial charge on any atom is 0.339 e. The first-order valence-electron chi connectivity index (χ1n) is 8.93. The molecule has 0 saturated heterocycles. The zero-order valence-corrected chi connectivity index (χ0v) is 17.9. The van der Waals surface area contributed by atoms with E-state index in [0.29, 0.717) is 27.2 Å². The summed E-state index contributed by atoms with van der Waals surface area (Å²) in [5.41, 5.74) is 3.51. The van der Waals surface area contributed by atoms with Crippen LogP contribution in [0.15, 0.2) is 65.2 Å². The summed E-state index contributed by atoms with van der Waals surface area (Å²) in [6, 6.07) is 11.6. The SMILES string of the molecule is C=CCc1cccc(CCC(=O)Nc2scc(-c3ccc(Br)nc3)c2C(=O)O)c1. The summed E-state index contributed by atoms with van der Waals surface area (Å²) in [6.07, 6.45) is 5.07. The third-order valence-electron chi connectivity index (χ3n) is 4.31. The number of hydrogen-bond donors (Lipinski definition) is 2. The molecular formula is C22H19BrN2O3S. The number of carbonyl (C=O) groups excluding carboxylic acids is 1. The van der Waals surface area contributed by atoms with Crippen molar-refractivity contribution in [2.24, 2.45) is 0 Å². The zero-order valence-electron chi connectivity index (χ0n) is 15.5. The topological polar surface area (TPSA) is 79.3 Å². The van der Waals surface area contributed by atoms with Gasteiger partial charge in [-0.25, -0.2) is 9.78 Å². The van der Waals surface area contributed by atoms with Gasteiger partial charge in [-0.2, -0.15) is 0 Å². The van der Waals surface area contributed by atoms with E-state index in [1.165, 1.54) is 11.3 Å². The number of halogens is 1. The van der Waals surface area contributed by atoms with Crippen LogP contribution in [0.3, 0.4) is 0 Å². The fourth-order valence-corrected chi connectivity index (χ4v) is 4.15. The highest BCUT2D eigenvalue weighted by molar-refractivity contribution is 9.10. The third-order valence-corrected chi connectivity index (χ3v) is 5.67. The number of anilines is 1. The van der Waals surface area contributed by atoms with Crippen molar-refractivity contribution in [2.45, 2.75) is 19.3 Å². The maximum atomic E-state index is 12.4. The summed E-state index contributed by atoms with van der Waals surface area (Å²) in [5, 5.41) is 14.5. The van der Waals surface area contributed by atoms with Crippen LogP contribution in [-0.2, 0) is 17.6 Å². The van der Waals surface area contributed by atoms with Crippen LogP contribution in [0.5, 0.6) is 0 Å². The minimum absolute atomic E-state index is 0.0838. The minimum atomic E-state index is -1.09. The van der Waals surface area contributed by atoms with Gasteiger partial charge in [-0.3, -0.25) is 4.79 Å². The highest BCUT2D eigenvalue weighted by atomic mass is 79.9. The van der Waals surface area contributed by atoms with E-state index in [2.05, 4.69) is 38.9 Å². The Labute approximate surface area is 181 Å². The number of carboxylic acid groups (broad SMARTS) is 1. The molecule has 0 aliphatic rings. The Hall–Kier alpha value is -2.77. The van der Waals surface area contributed by atoms with E-state index >= 15 is 0 Å². The molecule has 0 fully saturated rings. The highest BCUT2D eigenvalue weighted by Crippen LogP contribution is 2.35. The van der Waals surface area contributed by atoms with Gasteiger partial charge < -0.3 is 10.4 Å². The maximum absolute atomic E-state index is 12.4. The monoisotopic (exact) mass is 470 g/mol. The standard InChI is InChI=1S/C22H19BrN2O3S/c1-2-4-14-5-3-6-15(11-14)7-10-19(26)25-21-20(22(27)28)17(13-29-21)16-8-9-18(23)24-12-16/h2-3,5-6,8-9,11-13H,1,4,7,10H2,(H,25,26)(H,27,28). The number of amides is 1. The van der Waals surface area contributed by atoms with Crippen molar-refractivity contribution in [3.8, 4) is 11.1 Å². The number of benzene rings is 1. The molecule has 3 rings (SSSR count). The highest BCUT2D eigenvalue weighted by Gasteiger charge is 2.21. The molecule has 0 spiro atoms. The number of pyridine rings is 1. The largest absolute Gasteiger partial charge is 0.478 e. The fourth-order valence-electron chi connectivity index (χ4n) is 2.94. The van der Waals surface area contributed by atoms with Crippen molar-refractivity contribution in [2.75, 3.05) is 5.32 Å². The van der Waals surface area contributed by atoms with Crippen molar-refractivity contribution in [1.29, 1.82) is 0 Å². The molecule has 3 aromatic rings. The Morgan fingerprint density at radius 2 is 2.03 bits per heavy atom. The van der Waals surface area contributed by atoms with Crippen LogP contribution >= 0.6 is 27.3 Å². The molecule has 0 aliphatic heterocycles. The summed E-state index contributed by atoms with van der Waals surface area (Å²) in [6.45, 7) is 3.74. The van der Waals surface area contributed by atoms with Gasteiger partial charge in [-0.15, -0.1) is 17.9 Å². The summed E-state index contributed by atoms with van der Waals surface area (Å²) >= 11 is 4.47. The van der Waals surface area contributed by atoms with Gasteiger partial charge in [0.2, 0.25) is 5.91 Å². The third kappa shape index (κ3) is 5.40. The molecule has 0 atom stereocenters. The molecule has 0 aliphatic carbocycles. The van der Waals surface area contributed by atoms with Gasteiger partial charge >= 0.3 is 5.97 Å². The molecule has 2 N–H and O–H groups in total. The Morgan fingerprint density at radius 3 is 2.72 bits per heavy atom. The number of aromatic carboxylic acids is 1. The van der Waals surface area contributed by atoms with Crippen LogP contribution in [0, 0.1) is 0 Å². The molecule has 148 valence electrons. The first-order chi connectivity index (χ1) is 14.0. The second kappa shape index (κ2) is 9.62. The molecular weight excluding hydrogens is 452 g/mol. The second-order valence-corrected chi connectivity index (χ2v) is 8.08. The predicted octanol–water partition coefficient (Wildman–Crippen LogP) is 5.57. The van der Waals surface area contributed by atoms with E-state index in [-0.39, 0.29) is 17.9 Å². The minimum Gasteiger partial charge on any atom is -0.478 e. The number of carboxylic acids is 1. The summed E-state index contributed by atoms with van der Waals surface area (Å²) in [4.78, 5) is 28.4. The van der Waals surface area contributed by atoms with Gasteiger partial charge in [0, 0.05) is 29.1 Å². The first kappa shape index (κ1) is 21.0. The Kier molecular flexibility index (Phi) is 6.95. The lowest BCUT2D eigenvalue weighted by Crippen LogP contribution is -2.14. The van der Waals surface area contributed by atoms with Gasteiger partial charge in [0.25, 0.3) is 0 Å². The average molecular weight is 471 g/mol. The Bertz CT molecular complexity index is 1040. The van der Waals surface area contributed by atoms with E-state index in [9.17, 15) is 14.7 Å². The van der Waals surface area contributed by atoms with Crippen LogP contribution in [0.25, 0.3) is 11.1 Å². The quantitative estimate of drug-likeness (QED) is 0.333. The molecule has 29 heavy (non-hydrogen) atoms. The molecule has 5 nitrogen and oxygen atoms in total. The van der Waals surface area contributed by atoms with E-state index in [1.54, 1.807) is 23.7 Å². The number of carbonyl (C=O) groups is 2. The smallest absolute Gasteiger partial charge is 0.339 e. The predicted molar refractivity (Wildman–Crippen MR) is 120 cm³/mol. The van der Waals surface area contributed by atoms with Crippen LogP contribution in [-0.4, -0.2) is 22.0 Å². The number of rotatable bonds is 8. The number of aryl methyl sites for hydroxylation is 1. The fraction of sp³-hybridized carbons (Fsp3) is 0.136. The number of aromatic nitrogens is 1. The molecule has 2 aromatic heterocycles. The first-order valence-corrected chi connectivity index (χ1v) is 10.6. The lowest BCUT2D eigenvalue weighted by molar-refractivity contribution is -0.116. The van der Waals surface area contributed by atoms with Crippen molar-refractivity contribution in [3.05, 3.63) is 81.9 Å². The Balaban J connectivity index is 1.72. The summed E-state index contributed by atoms with van der Waals surface area (Å²) in [5.74, 6) is -1.31. The number of nitrogens with zero attached hydrogens (tertiary/aromatic N) is 1. The molecule has 1 amide bonds. The van der Waals surface area contributed by atoms with Gasteiger partial charge in [0.1, 0.15) is 15.2 Å². The van der Waals surface area contributed by atoms with Gasteiger partial charge in [-0.1, -0.05) is 36.4 Å². The number of thiophene rings is 1. The van der Waals surface area contributed by atoms with Gasteiger partial charge in [0.15, 0.2) is 0 Å². The van der Waals surface area contributed by atoms with Crippen molar-refractivity contribution < 1.29 is 14.7 Å². The molecule has 0 unspecified atom stereocenters. The zero-order chi connectivity index (χ0) is 20.8. The van der Waals surface area contributed by atoms with E-state index in [1.807, 2.05) is 24.3 Å². The molecule has 7 heteroatoms. The number of hydrogen-bond acceptors (Lipinski definition) is 4.